The van der Waals surface area contributed by atoms with Gasteiger partial charge in [-0.1, -0.05) is 18.9 Å². The molecule has 1 amide bonds. The Kier molecular flexibility index (Phi) is 3.66. The van der Waals surface area contributed by atoms with Crippen LogP contribution in [0.5, 0.6) is 0 Å². The van der Waals surface area contributed by atoms with Crippen molar-refractivity contribution in [1.29, 1.82) is 0 Å². The third-order valence-electron chi connectivity index (χ3n) is 5.21. The van der Waals surface area contributed by atoms with Gasteiger partial charge < -0.3 is 15.7 Å². The molecule has 1 aliphatic carbocycles. The number of nitrogens with zero attached hydrogens (tertiary/aromatic N) is 1. The molecule has 1 aromatic rings. The Hall–Kier alpha value is -1.55. The van der Waals surface area contributed by atoms with Gasteiger partial charge in [0.1, 0.15) is 0 Å². The number of fused-ring (bicyclic) bond motifs is 1. The van der Waals surface area contributed by atoms with Gasteiger partial charge in [0, 0.05) is 30.3 Å². The number of nitrogen functional groups attached to an aromatic ring is 1. The van der Waals surface area contributed by atoms with Crippen LogP contribution in [0.2, 0.25) is 0 Å². The molecular weight excluding hydrogens is 264 g/mol. The van der Waals surface area contributed by atoms with Gasteiger partial charge in [-0.25, -0.2) is 0 Å². The van der Waals surface area contributed by atoms with Crippen LogP contribution in [-0.4, -0.2) is 34.6 Å². The standard InChI is InChI=1S/C17H24N2O2/c1-12-5-6-14(18)10-15(12)16(20)19-9-8-17(21)7-3-2-4-13(17)11-19/h5-6,10,13,21H,2-4,7-9,11,18H2,1H3. The predicted octanol–water partition coefficient (Wildman–Crippen LogP) is 2.34. The summed E-state index contributed by atoms with van der Waals surface area (Å²) in [5.74, 6) is 0.276. The molecule has 2 aliphatic rings. The Morgan fingerprint density at radius 2 is 2.19 bits per heavy atom. The molecule has 4 nitrogen and oxygen atoms in total. The zero-order chi connectivity index (χ0) is 15.0. The van der Waals surface area contributed by atoms with Crippen LogP contribution in [0, 0.1) is 12.8 Å². The number of amides is 1. The van der Waals surface area contributed by atoms with Gasteiger partial charge in [-0.05, 0) is 43.9 Å². The Balaban J connectivity index is 1.79. The molecule has 0 radical (unpaired) electrons. The first kappa shape index (κ1) is 14.4. The summed E-state index contributed by atoms with van der Waals surface area (Å²) < 4.78 is 0. The number of likely N-dealkylation sites (tertiary alicyclic amines) is 1. The van der Waals surface area contributed by atoms with Gasteiger partial charge in [-0.3, -0.25) is 4.79 Å². The number of aryl methyl sites for hydroxylation is 1. The van der Waals surface area contributed by atoms with Crippen LogP contribution in [-0.2, 0) is 0 Å². The fourth-order valence-corrected chi connectivity index (χ4v) is 3.80. The second-order valence-corrected chi connectivity index (χ2v) is 6.62. The molecule has 4 heteroatoms. The van der Waals surface area contributed by atoms with E-state index in [1.54, 1.807) is 6.07 Å². The van der Waals surface area contributed by atoms with Crippen molar-refractivity contribution in [2.75, 3.05) is 18.8 Å². The van der Waals surface area contributed by atoms with E-state index in [4.69, 9.17) is 5.73 Å². The summed E-state index contributed by atoms with van der Waals surface area (Å²) in [7, 11) is 0. The van der Waals surface area contributed by atoms with E-state index in [1.807, 2.05) is 24.0 Å². The minimum absolute atomic E-state index is 0.0485. The van der Waals surface area contributed by atoms with Crippen molar-refractivity contribution in [3.8, 4) is 0 Å². The smallest absolute Gasteiger partial charge is 0.254 e. The fraction of sp³-hybridized carbons (Fsp3) is 0.588. The average Bonchev–Trinajstić information content (AvgIpc) is 2.48. The Labute approximate surface area is 125 Å². The number of hydrogen-bond acceptors (Lipinski definition) is 3. The highest BCUT2D eigenvalue weighted by Gasteiger charge is 2.43. The molecule has 1 aliphatic heterocycles. The second kappa shape index (κ2) is 5.34. The lowest BCUT2D eigenvalue weighted by atomic mass is 9.71. The summed E-state index contributed by atoms with van der Waals surface area (Å²) in [5.41, 5.74) is 7.54. The molecule has 0 spiro atoms. The monoisotopic (exact) mass is 288 g/mol. The van der Waals surface area contributed by atoms with Crippen LogP contribution in [0.25, 0.3) is 0 Å². The van der Waals surface area contributed by atoms with Gasteiger partial charge in [-0.2, -0.15) is 0 Å². The van der Waals surface area contributed by atoms with Gasteiger partial charge in [0.2, 0.25) is 0 Å². The molecule has 2 unspecified atom stereocenters. The normalized spacial score (nSPS) is 29.0. The minimum Gasteiger partial charge on any atom is -0.399 e. The summed E-state index contributed by atoms with van der Waals surface area (Å²) in [6.07, 6.45) is 4.87. The quantitative estimate of drug-likeness (QED) is 0.780. The van der Waals surface area contributed by atoms with Gasteiger partial charge >= 0.3 is 0 Å². The number of rotatable bonds is 1. The molecular formula is C17H24N2O2. The summed E-state index contributed by atoms with van der Waals surface area (Å²) in [6, 6.07) is 5.48. The molecule has 0 bridgehead atoms. The lowest BCUT2D eigenvalue weighted by Gasteiger charge is -2.47. The van der Waals surface area contributed by atoms with Crippen LogP contribution in [0.15, 0.2) is 18.2 Å². The molecule has 3 rings (SSSR count). The summed E-state index contributed by atoms with van der Waals surface area (Å²) >= 11 is 0. The van der Waals surface area contributed by atoms with E-state index in [0.717, 1.165) is 31.2 Å². The molecule has 1 heterocycles. The van der Waals surface area contributed by atoms with E-state index in [-0.39, 0.29) is 11.8 Å². The van der Waals surface area contributed by atoms with E-state index in [2.05, 4.69) is 0 Å². The molecule has 3 N–H and O–H groups in total. The molecule has 0 aromatic heterocycles. The summed E-state index contributed by atoms with van der Waals surface area (Å²) in [4.78, 5) is 14.6. The first-order valence-corrected chi connectivity index (χ1v) is 7.87. The van der Waals surface area contributed by atoms with Crippen molar-refractivity contribution in [1.82, 2.24) is 4.90 Å². The topological polar surface area (TPSA) is 66.6 Å². The number of anilines is 1. The highest BCUT2D eigenvalue weighted by Crippen LogP contribution is 2.40. The van der Waals surface area contributed by atoms with Crippen molar-refractivity contribution in [3.63, 3.8) is 0 Å². The van der Waals surface area contributed by atoms with Crippen molar-refractivity contribution in [2.45, 2.75) is 44.6 Å². The van der Waals surface area contributed by atoms with Crippen LogP contribution < -0.4 is 5.73 Å². The van der Waals surface area contributed by atoms with Crippen molar-refractivity contribution >= 4 is 11.6 Å². The molecule has 1 saturated heterocycles. The molecule has 2 atom stereocenters. The van der Waals surface area contributed by atoms with E-state index in [9.17, 15) is 9.90 Å². The first-order chi connectivity index (χ1) is 9.99. The largest absolute Gasteiger partial charge is 0.399 e. The second-order valence-electron chi connectivity index (χ2n) is 6.62. The van der Waals surface area contributed by atoms with Crippen LogP contribution >= 0.6 is 0 Å². The van der Waals surface area contributed by atoms with Gasteiger partial charge in [-0.15, -0.1) is 0 Å². The van der Waals surface area contributed by atoms with Gasteiger partial charge in [0.25, 0.3) is 5.91 Å². The van der Waals surface area contributed by atoms with Gasteiger partial charge in [0.15, 0.2) is 0 Å². The van der Waals surface area contributed by atoms with E-state index in [0.29, 0.717) is 30.8 Å². The number of carbonyl (C=O) groups is 1. The Morgan fingerprint density at radius 1 is 1.38 bits per heavy atom. The lowest BCUT2D eigenvalue weighted by molar-refractivity contribution is -0.0886. The van der Waals surface area contributed by atoms with E-state index in [1.165, 1.54) is 0 Å². The molecule has 1 saturated carbocycles. The first-order valence-electron chi connectivity index (χ1n) is 7.87. The van der Waals surface area contributed by atoms with Crippen LogP contribution in [0.1, 0.15) is 48.0 Å². The lowest BCUT2D eigenvalue weighted by Crippen LogP contribution is -2.54. The van der Waals surface area contributed by atoms with Crippen LogP contribution in [0.3, 0.4) is 0 Å². The number of nitrogens with two attached hydrogens (primary N) is 1. The molecule has 2 fully saturated rings. The van der Waals surface area contributed by atoms with Crippen molar-refractivity contribution < 1.29 is 9.90 Å². The highest BCUT2D eigenvalue weighted by atomic mass is 16.3. The van der Waals surface area contributed by atoms with E-state index >= 15 is 0 Å². The van der Waals surface area contributed by atoms with Crippen molar-refractivity contribution in [2.24, 2.45) is 5.92 Å². The van der Waals surface area contributed by atoms with Crippen molar-refractivity contribution in [3.05, 3.63) is 29.3 Å². The molecule has 1 aromatic carbocycles. The average molecular weight is 288 g/mol. The maximum absolute atomic E-state index is 12.7. The maximum Gasteiger partial charge on any atom is 0.254 e. The SMILES string of the molecule is Cc1ccc(N)cc1C(=O)N1CCC2(O)CCCCC2C1. The van der Waals surface area contributed by atoms with E-state index < -0.39 is 5.60 Å². The maximum atomic E-state index is 12.7. The number of benzene rings is 1. The fourth-order valence-electron chi connectivity index (χ4n) is 3.80. The summed E-state index contributed by atoms with van der Waals surface area (Å²) in [6.45, 7) is 3.25. The number of aliphatic hydroxyl groups is 1. The summed E-state index contributed by atoms with van der Waals surface area (Å²) in [5, 5.41) is 10.7. The number of hydrogen-bond donors (Lipinski definition) is 2. The minimum atomic E-state index is -0.542. The van der Waals surface area contributed by atoms with Gasteiger partial charge in [0.05, 0.1) is 5.60 Å². The Morgan fingerprint density at radius 3 is 3.00 bits per heavy atom. The Bertz CT molecular complexity index is 558. The molecule has 21 heavy (non-hydrogen) atoms. The highest BCUT2D eigenvalue weighted by molar-refractivity contribution is 5.96. The zero-order valence-corrected chi connectivity index (χ0v) is 12.6. The number of piperidine rings is 1. The zero-order valence-electron chi connectivity index (χ0n) is 12.6. The predicted molar refractivity (Wildman–Crippen MR) is 83.0 cm³/mol. The van der Waals surface area contributed by atoms with Crippen LogP contribution in [0.4, 0.5) is 5.69 Å². The third-order valence-corrected chi connectivity index (χ3v) is 5.21. The molecule has 114 valence electrons. The number of carbonyl (C=O) groups excluding carboxylic acids is 1. The third kappa shape index (κ3) is 2.64.